The summed E-state index contributed by atoms with van der Waals surface area (Å²) in [6, 6.07) is 11.0. The van der Waals surface area contributed by atoms with Crippen LogP contribution in [0.1, 0.15) is 52.1 Å². The zero-order valence-electron chi connectivity index (χ0n) is 13.0. The summed E-state index contributed by atoms with van der Waals surface area (Å²) in [4.78, 5) is 2.57. The predicted octanol–water partition coefficient (Wildman–Crippen LogP) is 3.83. The molecule has 1 rings (SSSR count). The SMILES string of the molecule is CCCN(CCC)C(C(C)C)C(N)c1ccccc1. The first-order valence-corrected chi connectivity index (χ1v) is 7.66. The second-order valence-corrected chi connectivity index (χ2v) is 5.71. The summed E-state index contributed by atoms with van der Waals surface area (Å²) >= 11 is 0. The van der Waals surface area contributed by atoms with Gasteiger partial charge in [0.05, 0.1) is 0 Å². The van der Waals surface area contributed by atoms with Crippen LogP contribution in [0.5, 0.6) is 0 Å². The molecule has 2 unspecified atom stereocenters. The van der Waals surface area contributed by atoms with Crippen LogP contribution >= 0.6 is 0 Å². The Hall–Kier alpha value is -0.860. The van der Waals surface area contributed by atoms with E-state index in [2.05, 4.69) is 62.9 Å². The average Bonchev–Trinajstić information content (AvgIpc) is 2.40. The maximum atomic E-state index is 6.56. The Balaban J connectivity index is 2.91. The highest BCUT2D eigenvalue weighted by Gasteiger charge is 2.27. The lowest BCUT2D eigenvalue weighted by atomic mass is 9.90. The van der Waals surface area contributed by atoms with Gasteiger partial charge in [0.25, 0.3) is 0 Å². The predicted molar refractivity (Wildman–Crippen MR) is 84.2 cm³/mol. The topological polar surface area (TPSA) is 29.3 Å². The molecule has 2 nitrogen and oxygen atoms in total. The van der Waals surface area contributed by atoms with E-state index in [1.807, 2.05) is 0 Å². The molecule has 0 saturated heterocycles. The van der Waals surface area contributed by atoms with Crippen molar-refractivity contribution < 1.29 is 0 Å². The van der Waals surface area contributed by atoms with Crippen LogP contribution in [0.4, 0.5) is 0 Å². The summed E-state index contributed by atoms with van der Waals surface area (Å²) in [5.74, 6) is 0.563. The van der Waals surface area contributed by atoms with Crippen molar-refractivity contribution in [1.29, 1.82) is 0 Å². The molecule has 2 N–H and O–H groups in total. The minimum Gasteiger partial charge on any atom is -0.323 e. The zero-order valence-corrected chi connectivity index (χ0v) is 13.0. The molecule has 2 atom stereocenters. The number of hydrogen-bond donors (Lipinski definition) is 1. The fourth-order valence-corrected chi connectivity index (χ4v) is 2.92. The fraction of sp³-hybridized carbons (Fsp3) is 0.647. The maximum absolute atomic E-state index is 6.56. The minimum atomic E-state index is 0.0966. The number of benzene rings is 1. The third-order valence-corrected chi connectivity index (χ3v) is 3.68. The first-order chi connectivity index (χ1) is 9.11. The molecular formula is C17H30N2. The standard InChI is InChI=1S/C17H30N2/c1-5-12-19(13-6-2)17(14(3)4)16(18)15-10-8-7-9-11-15/h7-11,14,16-17H,5-6,12-13,18H2,1-4H3. The normalized spacial score (nSPS) is 14.9. The quantitative estimate of drug-likeness (QED) is 0.771. The minimum absolute atomic E-state index is 0.0966. The molecule has 19 heavy (non-hydrogen) atoms. The number of nitrogens with zero attached hydrogens (tertiary/aromatic N) is 1. The van der Waals surface area contributed by atoms with Gasteiger partial charge in [-0.2, -0.15) is 0 Å². The van der Waals surface area contributed by atoms with Gasteiger partial charge in [-0.05, 0) is 37.4 Å². The second-order valence-electron chi connectivity index (χ2n) is 5.71. The second kappa shape index (κ2) is 8.34. The first-order valence-electron chi connectivity index (χ1n) is 7.66. The van der Waals surface area contributed by atoms with Gasteiger partial charge in [-0.1, -0.05) is 58.0 Å². The van der Waals surface area contributed by atoms with Crippen LogP contribution < -0.4 is 5.73 Å². The molecule has 0 amide bonds. The van der Waals surface area contributed by atoms with Crippen molar-refractivity contribution in [1.82, 2.24) is 4.90 Å². The Bertz CT molecular complexity index is 328. The molecule has 0 saturated carbocycles. The van der Waals surface area contributed by atoms with E-state index in [1.165, 1.54) is 18.4 Å². The highest BCUT2D eigenvalue weighted by atomic mass is 15.2. The van der Waals surface area contributed by atoms with Crippen molar-refractivity contribution >= 4 is 0 Å². The molecule has 1 aromatic carbocycles. The van der Waals surface area contributed by atoms with E-state index >= 15 is 0 Å². The van der Waals surface area contributed by atoms with E-state index in [4.69, 9.17) is 5.73 Å². The molecule has 2 heteroatoms. The highest BCUT2D eigenvalue weighted by Crippen LogP contribution is 2.25. The number of nitrogens with two attached hydrogens (primary N) is 1. The largest absolute Gasteiger partial charge is 0.323 e. The van der Waals surface area contributed by atoms with Crippen molar-refractivity contribution in [3.05, 3.63) is 35.9 Å². The fourth-order valence-electron chi connectivity index (χ4n) is 2.92. The molecule has 0 fully saturated rings. The zero-order chi connectivity index (χ0) is 14.3. The van der Waals surface area contributed by atoms with Crippen LogP contribution in [0.2, 0.25) is 0 Å². The van der Waals surface area contributed by atoms with Crippen molar-refractivity contribution in [3.8, 4) is 0 Å². The van der Waals surface area contributed by atoms with Crippen LogP contribution in [0, 0.1) is 5.92 Å². The summed E-state index contributed by atoms with van der Waals surface area (Å²) < 4.78 is 0. The molecule has 0 aromatic heterocycles. The summed E-state index contributed by atoms with van der Waals surface area (Å²) in [6.45, 7) is 11.3. The Kier molecular flexibility index (Phi) is 7.11. The Labute approximate surface area is 119 Å². The smallest absolute Gasteiger partial charge is 0.0455 e. The van der Waals surface area contributed by atoms with Gasteiger partial charge in [0.15, 0.2) is 0 Å². The molecule has 0 aliphatic carbocycles. The van der Waals surface area contributed by atoms with E-state index < -0.39 is 0 Å². The molecule has 0 bridgehead atoms. The van der Waals surface area contributed by atoms with E-state index in [-0.39, 0.29) is 6.04 Å². The highest BCUT2D eigenvalue weighted by molar-refractivity contribution is 5.20. The van der Waals surface area contributed by atoms with Gasteiger partial charge < -0.3 is 5.73 Å². The Morgan fingerprint density at radius 1 is 1.00 bits per heavy atom. The molecule has 108 valence electrons. The van der Waals surface area contributed by atoms with Gasteiger partial charge >= 0.3 is 0 Å². The lowest BCUT2D eigenvalue weighted by Crippen LogP contribution is -2.46. The first kappa shape index (κ1) is 16.2. The van der Waals surface area contributed by atoms with Crippen molar-refractivity contribution in [2.75, 3.05) is 13.1 Å². The third-order valence-electron chi connectivity index (χ3n) is 3.68. The van der Waals surface area contributed by atoms with Crippen LogP contribution in [-0.2, 0) is 0 Å². The average molecular weight is 262 g/mol. The molecule has 0 aliphatic rings. The molecule has 0 radical (unpaired) electrons. The molecule has 0 spiro atoms. The number of hydrogen-bond acceptors (Lipinski definition) is 2. The lowest BCUT2D eigenvalue weighted by Gasteiger charge is -2.38. The summed E-state index contributed by atoms with van der Waals surface area (Å²) in [6.07, 6.45) is 2.37. The van der Waals surface area contributed by atoms with Crippen LogP contribution in [0.25, 0.3) is 0 Å². The molecular weight excluding hydrogens is 232 g/mol. The van der Waals surface area contributed by atoms with Crippen LogP contribution in [-0.4, -0.2) is 24.0 Å². The van der Waals surface area contributed by atoms with Gasteiger partial charge in [-0.25, -0.2) is 0 Å². The summed E-state index contributed by atoms with van der Waals surface area (Å²) in [5.41, 5.74) is 7.81. The van der Waals surface area contributed by atoms with Crippen molar-refractivity contribution in [3.63, 3.8) is 0 Å². The van der Waals surface area contributed by atoms with Gasteiger partial charge in [-0.15, -0.1) is 0 Å². The van der Waals surface area contributed by atoms with Crippen molar-refractivity contribution in [2.45, 2.75) is 52.6 Å². The summed E-state index contributed by atoms with van der Waals surface area (Å²) in [5, 5.41) is 0. The molecule has 0 aliphatic heterocycles. The summed E-state index contributed by atoms with van der Waals surface area (Å²) in [7, 11) is 0. The van der Waals surface area contributed by atoms with E-state index in [9.17, 15) is 0 Å². The van der Waals surface area contributed by atoms with Crippen molar-refractivity contribution in [2.24, 2.45) is 11.7 Å². The third kappa shape index (κ3) is 4.63. The van der Waals surface area contributed by atoms with Crippen LogP contribution in [0.15, 0.2) is 30.3 Å². The maximum Gasteiger partial charge on any atom is 0.0455 e. The van der Waals surface area contributed by atoms with Crippen LogP contribution in [0.3, 0.4) is 0 Å². The van der Waals surface area contributed by atoms with Gasteiger partial charge in [0.1, 0.15) is 0 Å². The van der Waals surface area contributed by atoms with Gasteiger partial charge in [0.2, 0.25) is 0 Å². The van der Waals surface area contributed by atoms with E-state index in [0.29, 0.717) is 12.0 Å². The molecule has 1 aromatic rings. The van der Waals surface area contributed by atoms with E-state index in [1.54, 1.807) is 0 Å². The number of rotatable bonds is 8. The Morgan fingerprint density at radius 3 is 1.95 bits per heavy atom. The lowest BCUT2D eigenvalue weighted by molar-refractivity contribution is 0.130. The van der Waals surface area contributed by atoms with Gasteiger partial charge in [-0.3, -0.25) is 4.90 Å². The van der Waals surface area contributed by atoms with Gasteiger partial charge in [0, 0.05) is 12.1 Å². The molecule has 0 heterocycles. The Morgan fingerprint density at radius 2 is 1.53 bits per heavy atom. The monoisotopic (exact) mass is 262 g/mol. The van der Waals surface area contributed by atoms with E-state index in [0.717, 1.165) is 13.1 Å².